The Hall–Kier alpha value is -3.27. The van der Waals surface area contributed by atoms with E-state index in [9.17, 15) is 19.2 Å². The van der Waals surface area contributed by atoms with Crippen LogP contribution in [0.5, 0.6) is 0 Å². The molecule has 0 radical (unpaired) electrons. The molecule has 1 aromatic carbocycles. The molecule has 0 aliphatic carbocycles. The quantitative estimate of drug-likeness (QED) is 0.635. The highest BCUT2D eigenvalue weighted by atomic mass is 32.1. The van der Waals surface area contributed by atoms with Crippen molar-refractivity contribution in [2.24, 2.45) is 0 Å². The number of thiazole rings is 1. The predicted octanol–water partition coefficient (Wildman–Crippen LogP) is 1.27. The molecule has 1 amide bonds. The number of benzene rings is 1. The lowest BCUT2D eigenvalue weighted by Gasteiger charge is -2.07. The summed E-state index contributed by atoms with van der Waals surface area (Å²) < 4.78 is 5.76. The van der Waals surface area contributed by atoms with E-state index in [0.717, 1.165) is 16.0 Å². The van der Waals surface area contributed by atoms with Crippen molar-refractivity contribution >= 4 is 39.1 Å². The third-order valence-corrected chi connectivity index (χ3v) is 4.91. The molecule has 27 heavy (non-hydrogen) atoms. The predicted molar refractivity (Wildman–Crippen MR) is 100 cm³/mol. The molecule has 0 saturated carbocycles. The molecular weight excluding hydrogens is 372 g/mol. The second-order valence-electron chi connectivity index (χ2n) is 5.67. The van der Waals surface area contributed by atoms with E-state index in [1.54, 1.807) is 31.2 Å². The van der Waals surface area contributed by atoms with Gasteiger partial charge in [0.25, 0.3) is 11.1 Å². The van der Waals surface area contributed by atoms with E-state index in [4.69, 9.17) is 0 Å². The van der Waals surface area contributed by atoms with Crippen molar-refractivity contribution in [1.82, 2.24) is 14.8 Å². The number of aromatic amines is 1. The summed E-state index contributed by atoms with van der Waals surface area (Å²) in [6.07, 6.45) is -0.0552. The van der Waals surface area contributed by atoms with Gasteiger partial charge in [0.05, 0.1) is 30.1 Å². The number of carbonyl (C=O) groups excluding carboxylic acids is 2. The second-order valence-corrected chi connectivity index (χ2v) is 6.67. The van der Waals surface area contributed by atoms with Crippen molar-refractivity contribution < 1.29 is 14.3 Å². The van der Waals surface area contributed by atoms with Crippen LogP contribution in [0.4, 0.5) is 5.13 Å². The largest absolute Gasteiger partial charge is 0.465 e. The number of nitrogens with one attached hydrogen (secondary N) is 2. The highest BCUT2D eigenvalue weighted by Gasteiger charge is 2.17. The number of fused-ring (bicyclic) bond motifs is 1. The van der Waals surface area contributed by atoms with Crippen molar-refractivity contribution in [3.05, 3.63) is 55.5 Å². The lowest BCUT2D eigenvalue weighted by molar-refractivity contribution is -0.116. The Kier molecular flexibility index (Phi) is 5.17. The van der Waals surface area contributed by atoms with Crippen LogP contribution >= 0.6 is 11.3 Å². The maximum atomic E-state index is 12.4. The van der Waals surface area contributed by atoms with Gasteiger partial charge in [-0.1, -0.05) is 23.5 Å². The fraction of sp³-hybridized carbons (Fsp3) is 0.235. The van der Waals surface area contributed by atoms with E-state index >= 15 is 0 Å². The number of amides is 1. The number of anilines is 1. The van der Waals surface area contributed by atoms with Crippen LogP contribution in [0, 0.1) is 6.92 Å². The van der Waals surface area contributed by atoms with Crippen LogP contribution in [0.3, 0.4) is 0 Å². The van der Waals surface area contributed by atoms with E-state index in [1.807, 2.05) is 0 Å². The lowest BCUT2D eigenvalue weighted by Crippen LogP contribution is -2.31. The molecule has 0 spiro atoms. The third kappa shape index (κ3) is 3.80. The van der Waals surface area contributed by atoms with Crippen molar-refractivity contribution in [3.63, 3.8) is 0 Å². The number of aryl methyl sites for hydroxylation is 2. The van der Waals surface area contributed by atoms with E-state index in [2.05, 4.69) is 20.1 Å². The van der Waals surface area contributed by atoms with Gasteiger partial charge in [0.1, 0.15) is 4.88 Å². The second kappa shape index (κ2) is 7.54. The topological polar surface area (TPSA) is 123 Å². The van der Waals surface area contributed by atoms with Gasteiger partial charge in [0.2, 0.25) is 5.91 Å². The zero-order valence-electron chi connectivity index (χ0n) is 14.6. The van der Waals surface area contributed by atoms with Gasteiger partial charge in [-0.15, -0.1) is 0 Å². The maximum absolute atomic E-state index is 12.4. The molecular formula is C17H16N4O5S. The van der Waals surface area contributed by atoms with Gasteiger partial charge in [0.15, 0.2) is 5.13 Å². The van der Waals surface area contributed by atoms with Crippen LogP contribution in [0.15, 0.2) is 33.9 Å². The monoisotopic (exact) mass is 388 g/mol. The van der Waals surface area contributed by atoms with Crippen LogP contribution in [0.2, 0.25) is 0 Å². The SMILES string of the molecule is COC(=O)c1sc(NC(=O)CCn2[nH]c(=O)c3ccccc3c2=O)nc1C. The van der Waals surface area contributed by atoms with E-state index in [-0.39, 0.29) is 23.7 Å². The minimum atomic E-state index is -0.522. The van der Waals surface area contributed by atoms with Gasteiger partial charge in [-0.2, -0.15) is 0 Å². The van der Waals surface area contributed by atoms with Crippen molar-refractivity contribution in [2.45, 2.75) is 19.9 Å². The van der Waals surface area contributed by atoms with Crippen LogP contribution < -0.4 is 16.4 Å². The van der Waals surface area contributed by atoms with Gasteiger partial charge in [-0.05, 0) is 19.1 Å². The molecule has 2 heterocycles. The highest BCUT2D eigenvalue weighted by molar-refractivity contribution is 7.17. The number of esters is 1. The van der Waals surface area contributed by atoms with Crippen molar-refractivity contribution in [1.29, 1.82) is 0 Å². The summed E-state index contributed by atoms with van der Waals surface area (Å²) in [6.45, 7) is 1.64. The number of ether oxygens (including phenoxy) is 1. The number of methoxy groups -OCH3 is 1. The number of rotatable bonds is 5. The van der Waals surface area contributed by atoms with E-state index in [0.29, 0.717) is 21.3 Å². The fourth-order valence-electron chi connectivity index (χ4n) is 2.53. The molecule has 0 bridgehead atoms. The Morgan fingerprint density at radius 1 is 1.26 bits per heavy atom. The zero-order chi connectivity index (χ0) is 19.6. The molecule has 140 valence electrons. The van der Waals surface area contributed by atoms with Crippen LogP contribution in [0.1, 0.15) is 21.8 Å². The molecule has 0 unspecified atom stereocenters. The molecule has 0 saturated heterocycles. The fourth-order valence-corrected chi connectivity index (χ4v) is 3.43. The summed E-state index contributed by atoms with van der Waals surface area (Å²) >= 11 is 1.01. The molecule has 3 aromatic rings. The summed E-state index contributed by atoms with van der Waals surface area (Å²) in [6, 6.07) is 6.48. The average molecular weight is 388 g/mol. The first-order valence-electron chi connectivity index (χ1n) is 7.98. The first-order valence-corrected chi connectivity index (χ1v) is 8.80. The van der Waals surface area contributed by atoms with E-state index in [1.165, 1.54) is 7.11 Å². The van der Waals surface area contributed by atoms with Gasteiger partial charge in [-0.3, -0.25) is 19.5 Å². The first kappa shape index (κ1) is 18.5. The van der Waals surface area contributed by atoms with Gasteiger partial charge in [-0.25, -0.2) is 14.5 Å². The number of hydrogen-bond acceptors (Lipinski definition) is 7. The van der Waals surface area contributed by atoms with Gasteiger partial charge < -0.3 is 10.1 Å². The summed E-state index contributed by atoms with van der Waals surface area (Å²) in [5.74, 6) is -0.924. The number of H-pyrrole nitrogens is 1. The molecule has 0 atom stereocenters. The maximum Gasteiger partial charge on any atom is 0.350 e. The smallest absolute Gasteiger partial charge is 0.350 e. The Morgan fingerprint density at radius 2 is 1.96 bits per heavy atom. The molecule has 9 nitrogen and oxygen atoms in total. The summed E-state index contributed by atoms with van der Waals surface area (Å²) in [5, 5.41) is 5.90. The Balaban J connectivity index is 1.72. The minimum absolute atomic E-state index is 0.00103. The van der Waals surface area contributed by atoms with Gasteiger partial charge >= 0.3 is 5.97 Å². The molecule has 3 rings (SSSR count). The van der Waals surface area contributed by atoms with Crippen LogP contribution in [-0.4, -0.2) is 33.8 Å². The molecule has 0 aliphatic heterocycles. The zero-order valence-corrected chi connectivity index (χ0v) is 15.4. The number of nitrogens with zero attached hydrogens (tertiary/aromatic N) is 2. The number of carbonyl (C=O) groups is 2. The highest BCUT2D eigenvalue weighted by Crippen LogP contribution is 2.23. The Morgan fingerprint density at radius 3 is 2.67 bits per heavy atom. The molecule has 2 aromatic heterocycles. The summed E-state index contributed by atoms with van der Waals surface area (Å²) in [4.78, 5) is 52.6. The van der Waals surface area contributed by atoms with Crippen molar-refractivity contribution in [3.8, 4) is 0 Å². The first-order chi connectivity index (χ1) is 12.9. The minimum Gasteiger partial charge on any atom is -0.465 e. The van der Waals surface area contributed by atoms with Crippen molar-refractivity contribution in [2.75, 3.05) is 12.4 Å². The van der Waals surface area contributed by atoms with E-state index < -0.39 is 17.4 Å². The third-order valence-electron chi connectivity index (χ3n) is 3.86. The Bertz CT molecular complexity index is 1140. The molecule has 0 fully saturated rings. The molecule has 2 N–H and O–H groups in total. The average Bonchev–Trinajstić information content (AvgIpc) is 3.03. The van der Waals surface area contributed by atoms with Gasteiger partial charge in [0, 0.05) is 6.42 Å². The van der Waals surface area contributed by atoms with Crippen LogP contribution in [-0.2, 0) is 16.1 Å². The summed E-state index contributed by atoms with van der Waals surface area (Å²) in [7, 11) is 1.27. The summed E-state index contributed by atoms with van der Waals surface area (Å²) in [5.41, 5.74) is -0.322. The lowest BCUT2D eigenvalue weighted by atomic mass is 10.2. The Labute approximate surface area is 156 Å². The normalized spacial score (nSPS) is 10.7. The number of hydrogen-bond donors (Lipinski definition) is 2. The number of aromatic nitrogens is 3. The standard InChI is InChI=1S/C17H16N4O5S/c1-9-13(16(25)26-2)27-17(18-9)19-12(22)7-8-21-15(24)11-6-4-3-5-10(11)14(23)20-21/h3-6H,7-8H2,1-2H3,(H,20,23)(H,18,19,22). The van der Waals surface area contributed by atoms with Crippen LogP contribution in [0.25, 0.3) is 10.8 Å². The molecule has 10 heteroatoms. The molecule has 0 aliphatic rings.